The van der Waals surface area contributed by atoms with Crippen molar-refractivity contribution < 1.29 is 31.1 Å². The molecular formula is C16H20F3NO4S. The van der Waals surface area contributed by atoms with E-state index in [1.807, 2.05) is 0 Å². The highest BCUT2D eigenvalue weighted by Gasteiger charge is 2.41. The predicted octanol–water partition coefficient (Wildman–Crippen LogP) is 2.76. The maximum atomic E-state index is 12.6. The number of piperidine rings is 1. The first kappa shape index (κ1) is 18.6. The number of rotatable bonds is 3. The third-order valence-corrected chi connectivity index (χ3v) is 6.38. The van der Waals surface area contributed by atoms with Crippen LogP contribution in [0.3, 0.4) is 0 Å². The van der Waals surface area contributed by atoms with E-state index in [4.69, 9.17) is 9.47 Å². The van der Waals surface area contributed by atoms with E-state index in [1.165, 1.54) is 16.4 Å². The van der Waals surface area contributed by atoms with Crippen molar-refractivity contribution >= 4 is 10.0 Å². The van der Waals surface area contributed by atoms with Crippen LogP contribution in [0.1, 0.15) is 30.4 Å². The second-order valence-electron chi connectivity index (χ2n) is 6.31. The Bertz CT molecular complexity index is 687. The third-order valence-electron chi connectivity index (χ3n) is 4.53. The van der Waals surface area contributed by atoms with Crippen LogP contribution in [-0.4, -0.2) is 44.8 Å². The molecule has 140 valence electrons. The fraction of sp³-hybridized carbons (Fsp3) is 0.625. The lowest BCUT2D eigenvalue weighted by Gasteiger charge is -2.42. The molecule has 0 bridgehead atoms. The fourth-order valence-electron chi connectivity index (χ4n) is 3.10. The first-order valence-corrected chi connectivity index (χ1v) is 9.73. The molecule has 0 N–H and O–H groups in total. The summed E-state index contributed by atoms with van der Waals surface area (Å²) in [5, 5.41) is 0. The monoisotopic (exact) mass is 379 g/mol. The van der Waals surface area contributed by atoms with Crippen LogP contribution >= 0.6 is 0 Å². The van der Waals surface area contributed by atoms with E-state index in [0.29, 0.717) is 31.6 Å². The normalized spacial score (nSPS) is 22.2. The molecule has 0 unspecified atom stereocenters. The van der Waals surface area contributed by atoms with Crippen molar-refractivity contribution in [3.05, 3.63) is 35.4 Å². The van der Waals surface area contributed by atoms with Gasteiger partial charge in [-0.15, -0.1) is 0 Å². The molecule has 1 aromatic rings. The van der Waals surface area contributed by atoms with Crippen LogP contribution in [0.15, 0.2) is 24.3 Å². The molecule has 9 heteroatoms. The van der Waals surface area contributed by atoms with Gasteiger partial charge in [0.2, 0.25) is 10.0 Å². The summed E-state index contributed by atoms with van der Waals surface area (Å²) in [7, 11) is -3.60. The van der Waals surface area contributed by atoms with E-state index in [-0.39, 0.29) is 18.8 Å². The molecule has 0 atom stereocenters. The minimum atomic E-state index is -4.43. The lowest BCUT2D eigenvalue weighted by atomic mass is 10.0. The van der Waals surface area contributed by atoms with Crippen LogP contribution in [0.5, 0.6) is 0 Å². The Morgan fingerprint density at radius 1 is 1.04 bits per heavy atom. The molecule has 0 amide bonds. The molecule has 1 spiro atoms. The number of halogens is 3. The van der Waals surface area contributed by atoms with Gasteiger partial charge >= 0.3 is 6.18 Å². The molecule has 3 rings (SSSR count). The molecule has 0 saturated carbocycles. The Labute approximate surface area is 144 Å². The summed E-state index contributed by atoms with van der Waals surface area (Å²) < 4.78 is 75.5. The van der Waals surface area contributed by atoms with Gasteiger partial charge in [0.25, 0.3) is 0 Å². The Morgan fingerprint density at radius 3 is 2.12 bits per heavy atom. The molecule has 2 aliphatic rings. The van der Waals surface area contributed by atoms with Crippen LogP contribution in [0.2, 0.25) is 0 Å². The van der Waals surface area contributed by atoms with Crippen molar-refractivity contribution in [1.29, 1.82) is 0 Å². The smallest absolute Gasteiger partial charge is 0.350 e. The molecule has 0 radical (unpaired) electrons. The number of ether oxygens (including phenoxy) is 2. The van der Waals surface area contributed by atoms with Crippen LogP contribution in [0.4, 0.5) is 13.2 Å². The fourth-order valence-corrected chi connectivity index (χ4v) is 4.64. The highest BCUT2D eigenvalue weighted by molar-refractivity contribution is 7.88. The molecule has 2 saturated heterocycles. The van der Waals surface area contributed by atoms with Crippen molar-refractivity contribution in [2.75, 3.05) is 26.3 Å². The lowest BCUT2D eigenvalue weighted by molar-refractivity contribution is -0.280. The molecule has 1 aromatic carbocycles. The van der Waals surface area contributed by atoms with Crippen molar-refractivity contribution in [2.24, 2.45) is 0 Å². The van der Waals surface area contributed by atoms with E-state index in [1.54, 1.807) is 0 Å². The van der Waals surface area contributed by atoms with Gasteiger partial charge in [-0.3, -0.25) is 0 Å². The zero-order chi connectivity index (χ0) is 18.1. The Morgan fingerprint density at radius 2 is 1.60 bits per heavy atom. The second-order valence-corrected chi connectivity index (χ2v) is 8.28. The number of hydrogen-bond acceptors (Lipinski definition) is 4. The van der Waals surface area contributed by atoms with Gasteiger partial charge < -0.3 is 9.47 Å². The van der Waals surface area contributed by atoms with Crippen LogP contribution in [-0.2, 0) is 31.4 Å². The topological polar surface area (TPSA) is 55.8 Å². The predicted molar refractivity (Wildman–Crippen MR) is 84.1 cm³/mol. The highest BCUT2D eigenvalue weighted by Crippen LogP contribution is 2.33. The van der Waals surface area contributed by atoms with Crippen LogP contribution in [0, 0.1) is 0 Å². The van der Waals surface area contributed by atoms with Crippen molar-refractivity contribution in [3.8, 4) is 0 Å². The number of alkyl halides is 3. The van der Waals surface area contributed by atoms with Gasteiger partial charge in [-0.1, -0.05) is 12.1 Å². The average Bonchev–Trinajstić information content (AvgIpc) is 2.55. The van der Waals surface area contributed by atoms with E-state index in [9.17, 15) is 21.6 Å². The molecule has 0 aliphatic carbocycles. The average molecular weight is 379 g/mol. The molecule has 0 aromatic heterocycles. The maximum absolute atomic E-state index is 12.6. The van der Waals surface area contributed by atoms with Gasteiger partial charge in [0.15, 0.2) is 5.79 Å². The Hall–Kier alpha value is -1.16. The van der Waals surface area contributed by atoms with Crippen molar-refractivity contribution in [1.82, 2.24) is 4.31 Å². The lowest BCUT2D eigenvalue weighted by Crippen LogP contribution is -2.51. The van der Waals surface area contributed by atoms with Gasteiger partial charge in [-0.25, -0.2) is 12.7 Å². The molecule has 2 fully saturated rings. The van der Waals surface area contributed by atoms with E-state index >= 15 is 0 Å². The Balaban J connectivity index is 1.62. The van der Waals surface area contributed by atoms with Gasteiger partial charge in [0.1, 0.15) is 0 Å². The van der Waals surface area contributed by atoms with Crippen LogP contribution in [0.25, 0.3) is 0 Å². The summed E-state index contributed by atoms with van der Waals surface area (Å²) >= 11 is 0. The number of sulfonamides is 1. The first-order chi connectivity index (χ1) is 11.7. The SMILES string of the molecule is O=S(=O)(Cc1ccc(C(F)(F)F)cc1)N1CCC2(CC1)OCCCO2. The quantitative estimate of drug-likeness (QED) is 0.810. The summed E-state index contributed by atoms with van der Waals surface area (Å²) in [5.41, 5.74) is -0.460. The molecule has 2 heterocycles. The summed E-state index contributed by atoms with van der Waals surface area (Å²) in [6.45, 7) is 1.78. The highest BCUT2D eigenvalue weighted by atomic mass is 32.2. The summed E-state index contributed by atoms with van der Waals surface area (Å²) in [4.78, 5) is 0. The maximum Gasteiger partial charge on any atom is 0.416 e. The number of hydrogen-bond donors (Lipinski definition) is 0. The minimum Gasteiger partial charge on any atom is -0.350 e. The van der Waals surface area contributed by atoms with Gasteiger partial charge in [-0.2, -0.15) is 13.2 Å². The summed E-state index contributed by atoms with van der Waals surface area (Å²) in [5.74, 6) is -1.00. The van der Waals surface area contributed by atoms with Gasteiger partial charge in [0.05, 0.1) is 24.5 Å². The third kappa shape index (κ3) is 4.33. The number of benzene rings is 1. The van der Waals surface area contributed by atoms with E-state index in [0.717, 1.165) is 18.6 Å². The molecule has 2 aliphatic heterocycles. The molecular weight excluding hydrogens is 359 g/mol. The standard InChI is InChI=1S/C16H20F3NO4S/c17-16(18,19)14-4-2-13(3-5-14)12-25(21,22)20-8-6-15(7-9-20)23-10-1-11-24-15/h2-5H,1,6-12H2. The zero-order valence-electron chi connectivity index (χ0n) is 13.6. The minimum absolute atomic E-state index is 0.281. The summed E-state index contributed by atoms with van der Waals surface area (Å²) in [6.07, 6.45) is -2.69. The van der Waals surface area contributed by atoms with Crippen LogP contribution < -0.4 is 0 Å². The second kappa shape index (κ2) is 6.86. The largest absolute Gasteiger partial charge is 0.416 e. The number of nitrogens with zero attached hydrogens (tertiary/aromatic N) is 1. The zero-order valence-corrected chi connectivity index (χ0v) is 14.4. The van der Waals surface area contributed by atoms with E-state index in [2.05, 4.69) is 0 Å². The Kier molecular flexibility index (Phi) is 5.11. The molecule has 25 heavy (non-hydrogen) atoms. The van der Waals surface area contributed by atoms with E-state index < -0.39 is 27.6 Å². The summed E-state index contributed by atoms with van der Waals surface area (Å²) in [6, 6.07) is 4.22. The molecule has 5 nitrogen and oxygen atoms in total. The van der Waals surface area contributed by atoms with Crippen molar-refractivity contribution in [3.63, 3.8) is 0 Å². The first-order valence-electron chi connectivity index (χ1n) is 8.12. The van der Waals surface area contributed by atoms with Gasteiger partial charge in [-0.05, 0) is 24.1 Å². The van der Waals surface area contributed by atoms with Gasteiger partial charge in [0, 0.05) is 25.9 Å². The van der Waals surface area contributed by atoms with Crippen molar-refractivity contribution in [2.45, 2.75) is 37.0 Å².